The minimum atomic E-state index is -4.60. The number of fused-ring (bicyclic) bond motifs is 2. The molecule has 180 valence electrons. The van der Waals surface area contributed by atoms with Crippen LogP contribution in [0.25, 0.3) is 21.9 Å². The van der Waals surface area contributed by atoms with Gasteiger partial charge in [-0.3, -0.25) is 0 Å². The number of imidazole rings is 1. The molecule has 0 aliphatic rings. The molecule has 2 heterocycles. The van der Waals surface area contributed by atoms with E-state index in [4.69, 9.17) is 4.74 Å². The van der Waals surface area contributed by atoms with E-state index in [1.165, 1.54) is 24.0 Å². The van der Waals surface area contributed by atoms with Crippen LogP contribution in [0.15, 0.2) is 36.5 Å². The van der Waals surface area contributed by atoms with Crippen molar-refractivity contribution in [3.63, 3.8) is 0 Å². The molecular weight excluding hydrogens is 461 g/mol. The highest BCUT2D eigenvalue weighted by Crippen LogP contribution is 2.34. The molecule has 4 rings (SSSR count). The van der Waals surface area contributed by atoms with Crippen molar-refractivity contribution >= 4 is 39.7 Å². The molecule has 0 saturated carbocycles. The van der Waals surface area contributed by atoms with Gasteiger partial charge in [-0.25, -0.2) is 28.2 Å². The van der Waals surface area contributed by atoms with E-state index in [1.54, 1.807) is 20.8 Å². The number of alkyl halides is 3. The summed E-state index contributed by atoms with van der Waals surface area (Å²) in [5.74, 6) is -1.72. The predicted octanol–water partition coefficient (Wildman–Crippen LogP) is 6.06. The highest BCUT2D eigenvalue weighted by molar-refractivity contribution is 5.95. The van der Waals surface area contributed by atoms with E-state index < -0.39 is 35.1 Å². The number of aromatic nitrogens is 3. The lowest BCUT2D eigenvalue weighted by atomic mass is 10.2. The lowest BCUT2D eigenvalue weighted by Gasteiger charge is -2.26. The number of ether oxygens (including phenoxy) is 1. The zero-order valence-electron chi connectivity index (χ0n) is 18.5. The van der Waals surface area contributed by atoms with E-state index in [-0.39, 0.29) is 33.6 Å². The Morgan fingerprint density at radius 3 is 2.50 bits per heavy atom. The summed E-state index contributed by atoms with van der Waals surface area (Å²) in [6.07, 6.45) is -4.05. The van der Waals surface area contributed by atoms with E-state index in [0.717, 1.165) is 23.2 Å². The Morgan fingerprint density at radius 2 is 1.85 bits per heavy atom. The zero-order valence-corrected chi connectivity index (χ0v) is 18.5. The average molecular weight is 481 g/mol. The summed E-state index contributed by atoms with van der Waals surface area (Å²) >= 11 is 0. The maximum atomic E-state index is 14.1. The number of carbonyl (C=O) groups is 1. The molecule has 0 aliphatic carbocycles. The fourth-order valence-electron chi connectivity index (χ4n) is 3.42. The zero-order chi connectivity index (χ0) is 25.0. The van der Waals surface area contributed by atoms with Crippen molar-refractivity contribution in [2.45, 2.75) is 32.5 Å². The number of aromatic amines is 1. The fourth-order valence-corrected chi connectivity index (χ4v) is 3.42. The van der Waals surface area contributed by atoms with Gasteiger partial charge in [0, 0.05) is 24.7 Å². The van der Waals surface area contributed by atoms with Gasteiger partial charge in [0.15, 0.2) is 0 Å². The Morgan fingerprint density at radius 1 is 1.15 bits per heavy atom. The third-order valence-electron chi connectivity index (χ3n) is 4.87. The second kappa shape index (κ2) is 7.89. The number of carbonyl (C=O) groups excluding carboxylic acids is 1. The van der Waals surface area contributed by atoms with Gasteiger partial charge in [-0.1, -0.05) is 0 Å². The molecule has 0 radical (unpaired) electrons. The van der Waals surface area contributed by atoms with Gasteiger partial charge >= 0.3 is 12.3 Å². The van der Waals surface area contributed by atoms with Crippen LogP contribution in [-0.2, 0) is 10.9 Å². The number of hydrogen-bond donors (Lipinski definition) is 2. The van der Waals surface area contributed by atoms with Crippen LogP contribution in [-0.4, -0.2) is 33.4 Å². The van der Waals surface area contributed by atoms with Crippen molar-refractivity contribution in [1.29, 1.82) is 0 Å². The minimum absolute atomic E-state index is 0.0198. The van der Waals surface area contributed by atoms with Crippen molar-refractivity contribution < 1.29 is 31.5 Å². The average Bonchev–Trinajstić information content (AvgIpc) is 3.26. The van der Waals surface area contributed by atoms with Gasteiger partial charge in [-0.2, -0.15) is 13.2 Å². The van der Waals surface area contributed by atoms with E-state index >= 15 is 0 Å². The SMILES string of the molecule is CN(C(=O)OC(C)(C)C)n1c(Nc2c[nH]c3c(F)cc(F)cc23)nc2cc(C(F)(F)F)ccc21. The van der Waals surface area contributed by atoms with E-state index in [1.807, 2.05) is 0 Å². The number of nitrogens with zero attached hydrogens (tertiary/aromatic N) is 3. The van der Waals surface area contributed by atoms with Crippen LogP contribution in [0.5, 0.6) is 0 Å². The summed E-state index contributed by atoms with van der Waals surface area (Å²) in [6.45, 7) is 4.98. The van der Waals surface area contributed by atoms with Crippen molar-refractivity contribution in [2.24, 2.45) is 0 Å². The van der Waals surface area contributed by atoms with Crippen LogP contribution >= 0.6 is 0 Å². The normalized spacial score (nSPS) is 12.4. The van der Waals surface area contributed by atoms with Crippen molar-refractivity contribution in [2.75, 3.05) is 17.4 Å². The van der Waals surface area contributed by atoms with Gasteiger partial charge in [0.2, 0.25) is 5.95 Å². The lowest BCUT2D eigenvalue weighted by molar-refractivity contribution is -0.137. The third-order valence-corrected chi connectivity index (χ3v) is 4.87. The number of nitrogens with one attached hydrogen (secondary N) is 2. The Labute approximate surface area is 190 Å². The summed E-state index contributed by atoms with van der Waals surface area (Å²) in [7, 11) is 1.35. The van der Waals surface area contributed by atoms with Crippen LogP contribution in [0, 0.1) is 11.6 Å². The number of benzene rings is 2. The summed E-state index contributed by atoms with van der Waals surface area (Å²) in [5.41, 5.74) is -1.45. The summed E-state index contributed by atoms with van der Waals surface area (Å²) in [5, 5.41) is 4.03. The molecule has 0 spiro atoms. The molecule has 0 atom stereocenters. The molecule has 0 unspecified atom stereocenters. The van der Waals surface area contributed by atoms with Gasteiger partial charge in [0.1, 0.15) is 17.2 Å². The van der Waals surface area contributed by atoms with E-state index in [2.05, 4.69) is 15.3 Å². The molecule has 0 saturated heterocycles. The standard InChI is InChI=1S/C22H20F5N5O2/c1-21(2,3)34-20(33)31(4)32-17-6-5-11(22(25,26)27)7-15(17)29-19(32)30-16-10-28-18-13(16)8-12(23)9-14(18)24/h5-10,28H,1-4H3,(H,29,30). The number of hydrogen-bond acceptors (Lipinski definition) is 4. The van der Waals surface area contributed by atoms with Gasteiger partial charge in [0.25, 0.3) is 0 Å². The summed E-state index contributed by atoms with van der Waals surface area (Å²) in [6, 6.07) is 4.68. The molecule has 1 amide bonds. The lowest BCUT2D eigenvalue weighted by Crippen LogP contribution is -2.41. The number of amides is 1. The van der Waals surface area contributed by atoms with Crippen molar-refractivity contribution in [1.82, 2.24) is 14.6 Å². The topological polar surface area (TPSA) is 75.2 Å². The number of H-pyrrole nitrogens is 1. The highest BCUT2D eigenvalue weighted by atomic mass is 19.4. The summed E-state index contributed by atoms with van der Waals surface area (Å²) in [4.78, 5) is 19.6. The molecule has 2 aromatic carbocycles. The van der Waals surface area contributed by atoms with Crippen LogP contribution in [0.1, 0.15) is 26.3 Å². The Hall–Kier alpha value is -3.83. The first-order valence-corrected chi connectivity index (χ1v) is 10.0. The van der Waals surface area contributed by atoms with Crippen LogP contribution in [0.3, 0.4) is 0 Å². The first-order chi connectivity index (χ1) is 15.7. The molecule has 0 bridgehead atoms. The molecule has 7 nitrogen and oxygen atoms in total. The van der Waals surface area contributed by atoms with Gasteiger partial charge in [-0.05, 0) is 45.0 Å². The quantitative estimate of drug-likeness (QED) is 0.349. The molecule has 34 heavy (non-hydrogen) atoms. The molecule has 4 aromatic rings. The number of halogens is 5. The first-order valence-electron chi connectivity index (χ1n) is 10.0. The number of rotatable bonds is 3. The van der Waals surface area contributed by atoms with E-state index in [9.17, 15) is 26.7 Å². The van der Waals surface area contributed by atoms with Gasteiger partial charge in [0.05, 0.1) is 27.8 Å². The van der Waals surface area contributed by atoms with Crippen molar-refractivity contribution in [3.05, 3.63) is 53.7 Å². The second-order valence-corrected chi connectivity index (χ2v) is 8.59. The maximum absolute atomic E-state index is 14.1. The first kappa shape index (κ1) is 23.3. The van der Waals surface area contributed by atoms with Crippen molar-refractivity contribution in [3.8, 4) is 0 Å². The molecule has 0 fully saturated rings. The maximum Gasteiger partial charge on any atom is 0.429 e. The smallest absolute Gasteiger partial charge is 0.429 e. The Kier molecular flexibility index (Phi) is 5.41. The molecule has 12 heteroatoms. The Balaban J connectivity index is 1.86. The van der Waals surface area contributed by atoms with E-state index in [0.29, 0.717) is 6.07 Å². The molecular formula is C22H20F5N5O2. The van der Waals surface area contributed by atoms with Gasteiger partial charge < -0.3 is 15.0 Å². The molecule has 2 N–H and O–H groups in total. The van der Waals surface area contributed by atoms with Gasteiger partial charge in [-0.15, -0.1) is 0 Å². The third kappa shape index (κ3) is 4.35. The Bertz CT molecular complexity index is 1400. The highest BCUT2D eigenvalue weighted by Gasteiger charge is 2.32. The monoisotopic (exact) mass is 481 g/mol. The largest absolute Gasteiger partial charge is 0.442 e. The van der Waals surface area contributed by atoms with Crippen LogP contribution in [0.4, 0.5) is 38.4 Å². The molecule has 2 aromatic heterocycles. The second-order valence-electron chi connectivity index (χ2n) is 8.59. The minimum Gasteiger partial charge on any atom is -0.442 e. The van der Waals surface area contributed by atoms with Crippen LogP contribution < -0.4 is 10.3 Å². The molecule has 0 aliphatic heterocycles. The van der Waals surface area contributed by atoms with Crippen LogP contribution in [0.2, 0.25) is 0 Å². The number of anilines is 2. The fraction of sp³-hybridized carbons (Fsp3) is 0.273. The predicted molar refractivity (Wildman–Crippen MR) is 117 cm³/mol. The summed E-state index contributed by atoms with van der Waals surface area (Å²) < 4.78 is 74.2.